The van der Waals surface area contributed by atoms with Crippen molar-refractivity contribution in [1.29, 1.82) is 0 Å². The second-order valence-corrected chi connectivity index (χ2v) is 8.80. The summed E-state index contributed by atoms with van der Waals surface area (Å²) in [6, 6.07) is 1.50. The summed E-state index contributed by atoms with van der Waals surface area (Å²) >= 11 is 0. The fraction of sp³-hybridized carbons (Fsp3) is 0.478. The molecule has 2 heterocycles. The predicted molar refractivity (Wildman–Crippen MR) is 114 cm³/mol. The number of rotatable bonds is 4. The topological polar surface area (TPSA) is 71.8 Å². The maximum absolute atomic E-state index is 12.5. The first-order valence-corrected chi connectivity index (χ1v) is 10.1. The van der Waals surface area contributed by atoms with Gasteiger partial charge in [-0.15, -0.1) is 0 Å². The summed E-state index contributed by atoms with van der Waals surface area (Å²) in [5.74, 6) is -0.291. The SMILES string of the molecule is CCCOC1=CC=C/C(=C2\c3cc(=O)c(C(=O)O)cn3C(C(C)(C)C)CN2C)C1. The number of carbonyl (C=O) groups is 1. The van der Waals surface area contributed by atoms with E-state index in [1.54, 1.807) is 0 Å². The van der Waals surface area contributed by atoms with Crippen molar-refractivity contribution in [2.24, 2.45) is 5.41 Å². The van der Waals surface area contributed by atoms with E-state index in [0.717, 1.165) is 35.7 Å². The Bertz CT molecular complexity index is 960. The van der Waals surface area contributed by atoms with Gasteiger partial charge in [0, 0.05) is 32.3 Å². The van der Waals surface area contributed by atoms with Crippen molar-refractivity contribution >= 4 is 11.7 Å². The highest BCUT2D eigenvalue weighted by Gasteiger charge is 2.36. The highest BCUT2D eigenvalue weighted by molar-refractivity contribution is 5.87. The molecule has 1 aliphatic heterocycles. The van der Waals surface area contributed by atoms with Gasteiger partial charge in [0.25, 0.3) is 0 Å². The number of pyridine rings is 1. The lowest BCUT2D eigenvalue weighted by atomic mass is 9.83. The van der Waals surface area contributed by atoms with Crippen molar-refractivity contribution in [3.63, 3.8) is 0 Å². The average molecular weight is 399 g/mol. The van der Waals surface area contributed by atoms with E-state index in [2.05, 4.69) is 32.6 Å². The summed E-state index contributed by atoms with van der Waals surface area (Å²) in [6.07, 6.45) is 9.08. The van der Waals surface area contributed by atoms with Gasteiger partial charge in [-0.25, -0.2) is 4.79 Å². The number of carboxylic acids is 1. The molecule has 0 radical (unpaired) electrons. The van der Waals surface area contributed by atoms with Crippen LogP contribution >= 0.6 is 0 Å². The molecule has 156 valence electrons. The van der Waals surface area contributed by atoms with Crippen LogP contribution < -0.4 is 5.43 Å². The maximum Gasteiger partial charge on any atom is 0.341 e. The predicted octanol–water partition coefficient (Wildman–Crippen LogP) is 4.06. The van der Waals surface area contributed by atoms with Crippen molar-refractivity contribution in [3.8, 4) is 0 Å². The standard InChI is InChI=1S/C23H30N2O4/c1-6-10-29-16-9-7-8-15(11-16)21-18-12-19(26)17(22(27)28)13-25(18)20(14-24(21)5)23(2,3)4/h7-9,12-13,20H,6,10-11,14H2,1-5H3,(H,27,28)/b21-15-. The lowest BCUT2D eigenvalue weighted by Crippen LogP contribution is -2.42. The number of fused-ring (bicyclic) bond motifs is 1. The fourth-order valence-electron chi connectivity index (χ4n) is 3.96. The third kappa shape index (κ3) is 4.16. The van der Waals surface area contributed by atoms with E-state index in [9.17, 15) is 14.7 Å². The van der Waals surface area contributed by atoms with Crippen LogP contribution in [0.3, 0.4) is 0 Å². The zero-order valence-corrected chi connectivity index (χ0v) is 17.9. The second kappa shape index (κ2) is 7.93. The molecule has 0 bridgehead atoms. The van der Waals surface area contributed by atoms with Crippen molar-refractivity contribution in [2.75, 3.05) is 20.2 Å². The average Bonchev–Trinajstić information content (AvgIpc) is 2.64. The Morgan fingerprint density at radius 1 is 1.34 bits per heavy atom. The number of aromatic carboxylic acids is 1. The molecule has 1 aromatic rings. The van der Waals surface area contributed by atoms with Crippen LogP contribution in [0, 0.1) is 5.41 Å². The molecule has 1 unspecified atom stereocenters. The van der Waals surface area contributed by atoms with E-state index in [-0.39, 0.29) is 17.0 Å². The molecule has 0 spiro atoms. The summed E-state index contributed by atoms with van der Waals surface area (Å²) in [5.41, 5.74) is 1.99. The number of aromatic nitrogens is 1. The monoisotopic (exact) mass is 398 g/mol. The number of hydrogen-bond donors (Lipinski definition) is 1. The molecule has 0 fully saturated rings. The summed E-state index contributed by atoms with van der Waals surface area (Å²) in [7, 11) is 2.03. The molecule has 6 heteroatoms. The van der Waals surface area contributed by atoms with Crippen LogP contribution in [0.1, 0.15) is 62.6 Å². The molecule has 2 aliphatic rings. The number of ether oxygens (including phenoxy) is 1. The summed E-state index contributed by atoms with van der Waals surface area (Å²) in [6.45, 7) is 9.86. The lowest BCUT2D eigenvalue weighted by molar-refractivity contribution is 0.0693. The number of allylic oxidation sites excluding steroid dienone is 4. The minimum Gasteiger partial charge on any atom is -0.498 e. The van der Waals surface area contributed by atoms with Gasteiger partial charge in [-0.05, 0) is 23.5 Å². The van der Waals surface area contributed by atoms with Crippen molar-refractivity contribution < 1.29 is 14.6 Å². The van der Waals surface area contributed by atoms with E-state index in [1.807, 2.05) is 29.8 Å². The fourth-order valence-corrected chi connectivity index (χ4v) is 3.96. The van der Waals surface area contributed by atoms with Gasteiger partial charge in [-0.2, -0.15) is 0 Å². The van der Waals surface area contributed by atoms with Crippen LogP contribution in [-0.4, -0.2) is 40.7 Å². The van der Waals surface area contributed by atoms with Crippen LogP contribution in [0.5, 0.6) is 0 Å². The Labute approximate surface area is 171 Å². The largest absolute Gasteiger partial charge is 0.498 e. The van der Waals surface area contributed by atoms with Gasteiger partial charge in [0.2, 0.25) is 0 Å². The van der Waals surface area contributed by atoms with E-state index < -0.39 is 11.4 Å². The molecule has 0 saturated carbocycles. The highest BCUT2D eigenvalue weighted by Crippen LogP contribution is 2.41. The van der Waals surface area contributed by atoms with Crippen LogP contribution in [-0.2, 0) is 4.74 Å². The van der Waals surface area contributed by atoms with Gasteiger partial charge in [-0.1, -0.05) is 39.8 Å². The third-order valence-electron chi connectivity index (χ3n) is 5.46. The van der Waals surface area contributed by atoms with E-state index in [4.69, 9.17) is 4.74 Å². The molecule has 0 saturated heterocycles. The van der Waals surface area contributed by atoms with Crippen LogP contribution in [0.25, 0.3) is 5.70 Å². The molecule has 3 rings (SSSR count). The molecule has 0 amide bonds. The van der Waals surface area contributed by atoms with Gasteiger partial charge >= 0.3 is 5.97 Å². The first kappa shape index (κ1) is 21.0. The van der Waals surface area contributed by atoms with Crippen molar-refractivity contribution in [1.82, 2.24) is 9.47 Å². The van der Waals surface area contributed by atoms with Gasteiger partial charge in [0.1, 0.15) is 11.3 Å². The Balaban J connectivity index is 2.17. The van der Waals surface area contributed by atoms with Crippen LogP contribution in [0.4, 0.5) is 0 Å². The normalized spacial score (nSPS) is 21.6. The van der Waals surface area contributed by atoms with E-state index in [1.165, 1.54) is 12.3 Å². The minimum absolute atomic E-state index is 0.0319. The van der Waals surface area contributed by atoms with Gasteiger partial charge in [-0.3, -0.25) is 4.79 Å². The Hall–Kier alpha value is -2.76. The molecule has 1 aliphatic carbocycles. The first-order chi connectivity index (χ1) is 13.6. The van der Waals surface area contributed by atoms with Crippen LogP contribution in [0.15, 0.2) is 46.6 Å². The molecule has 6 nitrogen and oxygen atoms in total. The van der Waals surface area contributed by atoms with Gasteiger partial charge in [0.05, 0.1) is 24.0 Å². The molecule has 1 N–H and O–H groups in total. The zero-order chi connectivity index (χ0) is 21.3. The minimum atomic E-state index is -1.19. The molecular formula is C23H30N2O4. The Morgan fingerprint density at radius 3 is 2.69 bits per heavy atom. The summed E-state index contributed by atoms with van der Waals surface area (Å²) in [4.78, 5) is 26.3. The zero-order valence-electron chi connectivity index (χ0n) is 17.9. The van der Waals surface area contributed by atoms with E-state index in [0.29, 0.717) is 13.0 Å². The molecule has 0 aromatic carbocycles. The number of carboxylic acid groups (broad SMARTS) is 1. The van der Waals surface area contributed by atoms with Crippen molar-refractivity contribution in [3.05, 3.63) is 63.3 Å². The Kier molecular flexibility index (Phi) is 5.73. The number of nitrogens with zero attached hydrogens (tertiary/aromatic N) is 2. The second-order valence-electron chi connectivity index (χ2n) is 8.80. The van der Waals surface area contributed by atoms with Crippen LogP contribution in [0.2, 0.25) is 0 Å². The Morgan fingerprint density at radius 2 is 2.07 bits per heavy atom. The summed E-state index contributed by atoms with van der Waals surface area (Å²) in [5, 5.41) is 9.47. The van der Waals surface area contributed by atoms with Crippen molar-refractivity contribution in [2.45, 2.75) is 46.6 Å². The smallest absolute Gasteiger partial charge is 0.341 e. The molecule has 1 aromatic heterocycles. The third-order valence-corrected chi connectivity index (χ3v) is 5.46. The number of hydrogen-bond acceptors (Lipinski definition) is 4. The van der Waals surface area contributed by atoms with Gasteiger partial charge < -0.3 is 19.3 Å². The number of likely N-dealkylation sites (N-methyl/N-ethyl adjacent to an activating group) is 1. The molecule has 29 heavy (non-hydrogen) atoms. The van der Waals surface area contributed by atoms with E-state index >= 15 is 0 Å². The lowest BCUT2D eigenvalue weighted by Gasteiger charge is -2.44. The summed E-state index contributed by atoms with van der Waals surface area (Å²) < 4.78 is 7.82. The molecular weight excluding hydrogens is 368 g/mol. The first-order valence-electron chi connectivity index (χ1n) is 10.1. The molecule has 1 atom stereocenters. The maximum atomic E-state index is 12.5. The van der Waals surface area contributed by atoms with Gasteiger partial charge in [0.15, 0.2) is 5.43 Å². The quantitative estimate of drug-likeness (QED) is 0.828. The highest BCUT2D eigenvalue weighted by atomic mass is 16.5.